The van der Waals surface area contributed by atoms with Crippen LogP contribution in [0.3, 0.4) is 0 Å². The average molecular weight is 481 g/mol. The standard InChI is InChI=1S/C26H32N4O5/c1-5-18(2)26(4)11-10-22(13-27-17-26)29-12-6-7-20(14-29)25(34)28-21-8-9-23(32)30(15-21)16-24(33)35-19(3)31/h5,8-11,13,15,17-18,20H,1,6-7,12,14,16H2,2-4H3,(H,28,34). The SMILES string of the molecule is C=CC(C)C1(C)C=CC(N2CCCC(C(=O)Nc3ccc(=O)n(CC(=O)OC(C)=O)c3)C2)=CN=C1. The monoisotopic (exact) mass is 480 g/mol. The molecule has 0 radical (unpaired) electrons. The molecule has 1 saturated heterocycles. The first kappa shape index (κ1) is 25.9. The largest absolute Gasteiger partial charge is 0.392 e. The first-order valence-corrected chi connectivity index (χ1v) is 11.6. The van der Waals surface area contributed by atoms with Crippen LogP contribution in [0.5, 0.6) is 0 Å². The van der Waals surface area contributed by atoms with Gasteiger partial charge in [0.15, 0.2) is 0 Å². The van der Waals surface area contributed by atoms with E-state index in [0.29, 0.717) is 12.2 Å². The van der Waals surface area contributed by atoms with Gasteiger partial charge in [0.2, 0.25) is 5.91 Å². The van der Waals surface area contributed by atoms with Gasteiger partial charge in [-0.15, -0.1) is 6.58 Å². The number of likely N-dealkylation sites (tertiary alicyclic amines) is 1. The minimum absolute atomic E-state index is 0.168. The van der Waals surface area contributed by atoms with Crippen molar-refractivity contribution in [3.8, 4) is 0 Å². The molecular weight excluding hydrogens is 448 g/mol. The van der Waals surface area contributed by atoms with Crippen LogP contribution in [0.25, 0.3) is 0 Å². The summed E-state index contributed by atoms with van der Waals surface area (Å²) < 4.78 is 5.57. The summed E-state index contributed by atoms with van der Waals surface area (Å²) >= 11 is 0. The molecule has 1 aromatic rings. The van der Waals surface area contributed by atoms with Crippen LogP contribution in [0.15, 0.2) is 64.8 Å². The number of hydrogen-bond acceptors (Lipinski definition) is 7. The molecule has 9 nitrogen and oxygen atoms in total. The topological polar surface area (TPSA) is 110 Å². The summed E-state index contributed by atoms with van der Waals surface area (Å²) in [5.41, 5.74) is 0.663. The molecule has 3 unspecified atom stereocenters. The fraction of sp³-hybridized carbons (Fsp3) is 0.423. The van der Waals surface area contributed by atoms with Gasteiger partial charge in [-0.2, -0.15) is 0 Å². The Kier molecular flexibility index (Phi) is 8.22. The van der Waals surface area contributed by atoms with E-state index in [1.54, 1.807) is 0 Å². The number of allylic oxidation sites excluding steroid dienone is 3. The lowest BCUT2D eigenvalue weighted by Crippen LogP contribution is -2.40. The molecule has 1 fully saturated rings. The number of aliphatic imine (C=N–C) groups is 1. The zero-order valence-corrected chi connectivity index (χ0v) is 20.4. The molecule has 0 saturated carbocycles. The number of carbonyl (C=O) groups excluding carboxylic acids is 3. The van der Waals surface area contributed by atoms with Crippen LogP contribution in [-0.4, -0.2) is 46.6 Å². The Morgan fingerprint density at radius 1 is 1.37 bits per heavy atom. The quantitative estimate of drug-likeness (QED) is 0.365. The van der Waals surface area contributed by atoms with Crippen molar-refractivity contribution in [2.24, 2.45) is 22.2 Å². The second-order valence-electron chi connectivity index (χ2n) is 9.18. The molecule has 2 aliphatic rings. The number of ether oxygens (including phenoxy) is 1. The number of esters is 2. The van der Waals surface area contributed by atoms with Crippen LogP contribution < -0.4 is 10.9 Å². The Bertz CT molecular complexity index is 1150. The van der Waals surface area contributed by atoms with Gasteiger partial charge in [0.1, 0.15) is 6.54 Å². The van der Waals surface area contributed by atoms with Crippen LogP contribution in [0.4, 0.5) is 5.69 Å². The summed E-state index contributed by atoms with van der Waals surface area (Å²) in [6.45, 7) is 10.2. The fourth-order valence-corrected chi connectivity index (χ4v) is 4.07. The highest BCUT2D eigenvalue weighted by Gasteiger charge is 2.29. The third-order valence-electron chi connectivity index (χ3n) is 6.47. The third-order valence-corrected chi connectivity index (χ3v) is 6.47. The van der Waals surface area contributed by atoms with Crippen molar-refractivity contribution in [3.63, 3.8) is 0 Å². The second-order valence-corrected chi connectivity index (χ2v) is 9.18. The van der Waals surface area contributed by atoms with E-state index >= 15 is 0 Å². The molecule has 3 atom stereocenters. The summed E-state index contributed by atoms with van der Waals surface area (Å²) in [6, 6.07) is 2.74. The highest BCUT2D eigenvalue weighted by Crippen LogP contribution is 2.31. The van der Waals surface area contributed by atoms with Crippen LogP contribution >= 0.6 is 0 Å². The van der Waals surface area contributed by atoms with Crippen LogP contribution in [0.2, 0.25) is 0 Å². The van der Waals surface area contributed by atoms with Crippen molar-refractivity contribution < 1.29 is 19.1 Å². The van der Waals surface area contributed by atoms with E-state index in [1.165, 1.54) is 18.3 Å². The smallest absolute Gasteiger partial charge is 0.333 e. The number of anilines is 1. The number of nitrogens with zero attached hydrogens (tertiary/aromatic N) is 3. The number of piperidine rings is 1. The number of nitrogens with one attached hydrogen (secondary N) is 1. The maximum absolute atomic E-state index is 13.0. The van der Waals surface area contributed by atoms with Gasteiger partial charge in [-0.25, -0.2) is 4.79 Å². The minimum Gasteiger partial charge on any atom is -0.392 e. The number of amides is 1. The summed E-state index contributed by atoms with van der Waals surface area (Å²) in [4.78, 5) is 54.4. The zero-order valence-electron chi connectivity index (χ0n) is 20.4. The zero-order chi connectivity index (χ0) is 25.6. The lowest BCUT2D eigenvalue weighted by atomic mass is 9.79. The van der Waals surface area contributed by atoms with E-state index in [9.17, 15) is 19.2 Å². The Hall–Kier alpha value is -3.75. The number of rotatable bonds is 7. The van der Waals surface area contributed by atoms with Gasteiger partial charge in [0.25, 0.3) is 5.56 Å². The Morgan fingerprint density at radius 3 is 2.86 bits per heavy atom. The van der Waals surface area contributed by atoms with Crippen molar-refractivity contribution in [1.29, 1.82) is 0 Å². The third kappa shape index (κ3) is 6.65. The molecule has 9 heteroatoms. The lowest BCUT2D eigenvalue weighted by molar-refractivity contribution is -0.158. The van der Waals surface area contributed by atoms with Gasteiger partial charge >= 0.3 is 11.9 Å². The van der Waals surface area contributed by atoms with Crippen molar-refractivity contribution in [3.05, 3.63) is 65.4 Å². The number of carbonyl (C=O) groups is 3. The summed E-state index contributed by atoms with van der Waals surface area (Å²) in [5.74, 6) is -1.80. The molecule has 35 heavy (non-hydrogen) atoms. The molecule has 2 aliphatic heterocycles. The molecular formula is C26H32N4O5. The molecule has 1 aromatic heterocycles. The molecule has 0 aromatic carbocycles. The number of pyridine rings is 1. The summed E-state index contributed by atoms with van der Waals surface area (Å²) in [7, 11) is 0. The second kappa shape index (κ2) is 11.1. The van der Waals surface area contributed by atoms with Crippen LogP contribution in [0.1, 0.15) is 33.6 Å². The molecule has 3 heterocycles. The molecule has 0 bridgehead atoms. The van der Waals surface area contributed by atoms with Gasteiger partial charge < -0.3 is 19.5 Å². The van der Waals surface area contributed by atoms with E-state index in [4.69, 9.17) is 0 Å². The van der Waals surface area contributed by atoms with E-state index in [0.717, 1.165) is 36.6 Å². The molecule has 0 spiro atoms. The van der Waals surface area contributed by atoms with E-state index in [1.807, 2.05) is 18.5 Å². The predicted molar refractivity (Wildman–Crippen MR) is 134 cm³/mol. The summed E-state index contributed by atoms with van der Waals surface area (Å²) in [5, 5.41) is 2.84. The van der Waals surface area contributed by atoms with Crippen molar-refractivity contribution >= 4 is 29.7 Å². The fourth-order valence-electron chi connectivity index (χ4n) is 4.07. The maximum Gasteiger partial charge on any atom is 0.333 e. The van der Waals surface area contributed by atoms with Crippen molar-refractivity contribution in [2.45, 2.75) is 40.2 Å². The highest BCUT2D eigenvalue weighted by molar-refractivity contribution is 5.92. The Morgan fingerprint density at radius 2 is 2.14 bits per heavy atom. The molecule has 3 rings (SSSR count). The normalized spacial score (nSPS) is 22.5. The number of hydrogen-bond donors (Lipinski definition) is 1. The molecule has 186 valence electrons. The minimum atomic E-state index is -0.850. The predicted octanol–water partition coefficient (Wildman–Crippen LogP) is 2.90. The van der Waals surface area contributed by atoms with E-state index in [2.05, 4.69) is 52.5 Å². The summed E-state index contributed by atoms with van der Waals surface area (Å²) in [6.07, 6.45) is 12.8. The first-order chi connectivity index (χ1) is 16.6. The maximum atomic E-state index is 13.0. The van der Waals surface area contributed by atoms with Gasteiger partial charge in [0.05, 0.1) is 17.3 Å². The van der Waals surface area contributed by atoms with Gasteiger partial charge in [-0.3, -0.25) is 19.4 Å². The number of aromatic nitrogens is 1. The van der Waals surface area contributed by atoms with Gasteiger partial charge in [-0.1, -0.05) is 26.0 Å². The lowest BCUT2D eigenvalue weighted by Gasteiger charge is -2.34. The molecule has 1 amide bonds. The average Bonchev–Trinajstić information content (AvgIpc) is 3.02. The van der Waals surface area contributed by atoms with E-state index < -0.39 is 24.0 Å². The van der Waals surface area contributed by atoms with E-state index in [-0.39, 0.29) is 23.2 Å². The van der Waals surface area contributed by atoms with Gasteiger partial charge in [-0.05, 0) is 30.9 Å². The first-order valence-electron chi connectivity index (χ1n) is 11.6. The van der Waals surface area contributed by atoms with Crippen LogP contribution in [0, 0.1) is 17.3 Å². The Balaban J connectivity index is 1.66. The van der Waals surface area contributed by atoms with Crippen molar-refractivity contribution in [2.75, 3.05) is 18.4 Å². The van der Waals surface area contributed by atoms with Crippen molar-refractivity contribution in [1.82, 2.24) is 9.47 Å². The van der Waals surface area contributed by atoms with Gasteiger partial charge in [0, 0.05) is 50.1 Å². The molecule has 1 N–H and O–H groups in total. The molecule has 0 aliphatic carbocycles. The Labute approximate surface area is 204 Å². The highest BCUT2D eigenvalue weighted by atomic mass is 16.6. The van der Waals surface area contributed by atoms with Crippen LogP contribution in [-0.2, 0) is 25.7 Å².